The number of pyridine rings is 1. The van der Waals surface area contributed by atoms with E-state index in [4.69, 9.17) is 10.5 Å². The molecule has 1 aromatic carbocycles. The number of rotatable bonds is 6. The van der Waals surface area contributed by atoms with Gasteiger partial charge in [-0.3, -0.25) is 19.5 Å². The third-order valence-corrected chi connectivity index (χ3v) is 5.81. The Morgan fingerprint density at radius 1 is 1.10 bits per heavy atom. The monoisotopic (exact) mass is 409 g/mol. The molecule has 4 rings (SSSR count). The summed E-state index contributed by atoms with van der Waals surface area (Å²) in [4.78, 5) is 31.4. The summed E-state index contributed by atoms with van der Waals surface area (Å²) in [5, 5.41) is 5.72. The van der Waals surface area contributed by atoms with Crippen molar-refractivity contribution in [2.75, 3.05) is 37.4 Å². The molecule has 0 bridgehead atoms. The van der Waals surface area contributed by atoms with Crippen molar-refractivity contribution in [2.24, 2.45) is 0 Å². The second-order valence-electron chi connectivity index (χ2n) is 7.71. The summed E-state index contributed by atoms with van der Waals surface area (Å²) in [6.07, 6.45) is 4.65. The van der Waals surface area contributed by atoms with E-state index >= 15 is 0 Å². The van der Waals surface area contributed by atoms with Crippen LogP contribution in [0.2, 0.25) is 0 Å². The van der Waals surface area contributed by atoms with Crippen LogP contribution in [0.1, 0.15) is 40.1 Å². The van der Waals surface area contributed by atoms with Crippen molar-refractivity contribution in [3.63, 3.8) is 0 Å². The lowest BCUT2D eigenvalue weighted by Gasteiger charge is -2.47. The molecular weight excluding hydrogens is 382 g/mol. The van der Waals surface area contributed by atoms with Gasteiger partial charge >= 0.3 is 0 Å². The molecule has 1 atom stereocenters. The quantitative estimate of drug-likeness (QED) is 0.629. The molecule has 1 unspecified atom stereocenters. The standard InChI is InChI=1S/C22H27N5O3/c23-18-3-1-2-4-19(18)26-22(29)20-6-5-15(13-24-20)21(28)25-14-17-7-10-27(17)16-8-11-30-12-9-16/h1-6,13,16-17H,7-12,14,23H2,(H,25,28)(H,26,29). The van der Waals surface area contributed by atoms with Crippen LogP contribution < -0.4 is 16.4 Å². The minimum Gasteiger partial charge on any atom is -0.397 e. The molecule has 2 saturated heterocycles. The van der Waals surface area contributed by atoms with Crippen LogP contribution in [0, 0.1) is 0 Å². The van der Waals surface area contributed by atoms with Crippen LogP contribution in [0.25, 0.3) is 0 Å². The number of nitrogens with zero attached hydrogens (tertiary/aromatic N) is 2. The van der Waals surface area contributed by atoms with E-state index in [2.05, 4.69) is 20.5 Å². The molecule has 4 N–H and O–H groups in total. The Hall–Kier alpha value is -2.97. The molecule has 0 radical (unpaired) electrons. The number of nitrogens with two attached hydrogens (primary N) is 1. The van der Waals surface area contributed by atoms with Crippen molar-refractivity contribution in [1.82, 2.24) is 15.2 Å². The third-order valence-electron chi connectivity index (χ3n) is 5.81. The van der Waals surface area contributed by atoms with Gasteiger partial charge in [-0.1, -0.05) is 12.1 Å². The maximum absolute atomic E-state index is 12.5. The zero-order valence-electron chi connectivity index (χ0n) is 16.8. The van der Waals surface area contributed by atoms with Gasteiger partial charge in [-0.05, 0) is 43.5 Å². The highest BCUT2D eigenvalue weighted by molar-refractivity contribution is 6.04. The molecule has 0 spiro atoms. The summed E-state index contributed by atoms with van der Waals surface area (Å²) in [5.74, 6) is -0.554. The molecule has 3 heterocycles. The van der Waals surface area contributed by atoms with Gasteiger partial charge in [-0.25, -0.2) is 0 Å². The minimum atomic E-state index is -0.374. The molecule has 0 saturated carbocycles. The number of para-hydroxylation sites is 2. The maximum atomic E-state index is 12.5. The number of amides is 2. The Labute approximate surface area is 175 Å². The highest BCUT2D eigenvalue weighted by Gasteiger charge is 2.34. The Bertz CT molecular complexity index is 896. The molecule has 8 nitrogen and oxygen atoms in total. The Morgan fingerprint density at radius 2 is 1.90 bits per heavy atom. The normalized spacial score (nSPS) is 19.7. The fourth-order valence-corrected chi connectivity index (χ4v) is 3.95. The van der Waals surface area contributed by atoms with Crippen LogP contribution in [0.15, 0.2) is 42.6 Å². The number of ether oxygens (including phenoxy) is 1. The molecule has 1 aromatic heterocycles. The lowest BCUT2D eigenvalue weighted by molar-refractivity contribution is -0.0222. The van der Waals surface area contributed by atoms with Crippen molar-refractivity contribution in [3.8, 4) is 0 Å². The van der Waals surface area contributed by atoms with E-state index < -0.39 is 0 Å². The van der Waals surface area contributed by atoms with E-state index in [-0.39, 0.29) is 17.5 Å². The fourth-order valence-electron chi connectivity index (χ4n) is 3.95. The zero-order valence-corrected chi connectivity index (χ0v) is 16.8. The topological polar surface area (TPSA) is 110 Å². The fraction of sp³-hybridized carbons (Fsp3) is 0.409. The second kappa shape index (κ2) is 9.23. The van der Waals surface area contributed by atoms with E-state index in [0.717, 1.165) is 39.0 Å². The highest BCUT2D eigenvalue weighted by Crippen LogP contribution is 2.25. The van der Waals surface area contributed by atoms with Crippen molar-refractivity contribution >= 4 is 23.2 Å². The first kappa shape index (κ1) is 20.3. The Kier molecular flexibility index (Phi) is 6.25. The van der Waals surface area contributed by atoms with Gasteiger partial charge in [0.25, 0.3) is 11.8 Å². The summed E-state index contributed by atoms with van der Waals surface area (Å²) in [6.45, 7) is 3.35. The summed E-state index contributed by atoms with van der Waals surface area (Å²) >= 11 is 0. The van der Waals surface area contributed by atoms with Crippen LogP contribution in [0.4, 0.5) is 11.4 Å². The lowest BCUT2D eigenvalue weighted by atomic mass is 9.95. The number of hydrogen-bond acceptors (Lipinski definition) is 6. The number of aromatic nitrogens is 1. The Balaban J connectivity index is 1.29. The zero-order chi connectivity index (χ0) is 20.9. The van der Waals surface area contributed by atoms with Crippen LogP contribution in [0.5, 0.6) is 0 Å². The summed E-state index contributed by atoms with van der Waals surface area (Å²) in [7, 11) is 0. The number of hydrogen-bond donors (Lipinski definition) is 3. The molecule has 0 aliphatic carbocycles. The second-order valence-corrected chi connectivity index (χ2v) is 7.71. The SMILES string of the molecule is Nc1ccccc1NC(=O)c1ccc(C(=O)NCC2CCN2C2CCOCC2)cn1. The summed E-state index contributed by atoms with van der Waals surface area (Å²) in [5.41, 5.74) is 7.51. The smallest absolute Gasteiger partial charge is 0.274 e. The molecule has 158 valence electrons. The van der Waals surface area contributed by atoms with E-state index in [1.807, 2.05) is 0 Å². The van der Waals surface area contributed by atoms with Crippen molar-refractivity contribution < 1.29 is 14.3 Å². The van der Waals surface area contributed by atoms with Gasteiger partial charge in [-0.2, -0.15) is 0 Å². The molecular formula is C22H27N5O3. The number of anilines is 2. The first-order valence-electron chi connectivity index (χ1n) is 10.4. The first-order chi connectivity index (χ1) is 14.6. The largest absolute Gasteiger partial charge is 0.397 e. The van der Waals surface area contributed by atoms with Gasteiger partial charge in [0.1, 0.15) is 5.69 Å². The number of benzene rings is 1. The van der Waals surface area contributed by atoms with E-state index in [9.17, 15) is 9.59 Å². The molecule has 2 amide bonds. The van der Waals surface area contributed by atoms with Crippen molar-refractivity contribution in [1.29, 1.82) is 0 Å². The third kappa shape index (κ3) is 4.60. The predicted molar refractivity (Wildman–Crippen MR) is 114 cm³/mol. The van der Waals surface area contributed by atoms with Crippen LogP contribution >= 0.6 is 0 Å². The van der Waals surface area contributed by atoms with Crippen molar-refractivity contribution in [3.05, 3.63) is 53.9 Å². The minimum absolute atomic E-state index is 0.180. The molecule has 2 aliphatic rings. The Morgan fingerprint density at radius 3 is 2.57 bits per heavy atom. The number of carbonyl (C=O) groups is 2. The van der Waals surface area contributed by atoms with E-state index in [1.165, 1.54) is 6.20 Å². The van der Waals surface area contributed by atoms with Crippen molar-refractivity contribution in [2.45, 2.75) is 31.3 Å². The van der Waals surface area contributed by atoms with Gasteiger partial charge < -0.3 is 21.1 Å². The molecule has 30 heavy (non-hydrogen) atoms. The molecule has 2 aromatic rings. The van der Waals surface area contributed by atoms with Crippen LogP contribution in [-0.4, -0.2) is 60.1 Å². The van der Waals surface area contributed by atoms with Gasteiger partial charge in [-0.15, -0.1) is 0 Å². The van der Waals surface area contributed by atoms with Gasteiger partial charge in [0, 0.05) is 44.6 Å². The summed E-state index contributed by atoms with van der Waals surface area (Å²) < 4.78 is 5.44. The van der Waals surface area contributed by atoms with Gasteiger partial charge in [0.15, 0.2) is 0 Å². The van der Waals surface area contributed by atoms with E-state index in [0.29, 0.717) is 35.6 Å². The number of nitrogen functional groups attached to an aromatic ring is 1. The van der Waals surface area contributed by atoms with Gasteiger partial charge in [0.05, 0.1) is 16.9 Å². The molecule has 8 heteroatoms. The highest BCUT2D eigenvalue weighted by atomic mass is 16.5. The maximum Gasteiger partial charge on any atom is 0.274 e. The first-order valence-corrected chi connectivity index (χ1v) is 10.4. The average molecular weight is 409 g/mol. The molecule has 2 fully saturated rings. The van der Waals surface area contributed by atoms with Crippen LogP contribution in [0.3, 0.4) is 0 Å². The van der Waals surface area contributed by atoms with E-state index in [1.54, 1.807) is 36.4 Å². The summed E-state index contributed by atoms with van der Waals surface area (Å²) in [6, 6.07) is 11.1. The van der Waals surface area contributed by atoms with Crippen LogP contribution in [-0.2, 0) is 4.74 Å². The molecule has 2 aliphatic heterocycles. The van der Waals surface area contributed by atoms with Gasteiger partial charge in [0.2, 0.25) is 0 Å². The predicted octanol–water partition coefficient (Wildman–Crippen LogP) is 1.90. The number of likely N-dealkylation sites (tertiary alicyclic amines) is 1. The number of nitrogens with one attached hydrogen (secondary N) is 2. The number of carbonyl (C=O) groups excluding carboxylic acids is 2. The average Bonchev–Trinajstić information content (AvgIpc) is 2.75. The lowest BCUT2D eigenvalue weighted by Crippen LogP contribution is -2.58.